The molecule has 2 N–H and O–H groups in total. The van der Waals surface area contributed by atoms with Gasteiger partial charge in [-0.05, 0) is 25.0 Å². The smallest absolute Gasteiger partial charge is 0.328 e. The minimum absolute atomic E-state index is 0.0225. The van der Waals surface area contributed by atoms with E-state index in [1.165, 1.54) is 0 Å². The quantitative estimate of drug-likeness (QED) is 0.742. The minimum atomic E-state index is -0.198. The Labute approximate surface area is 143 Å². The number of methoxy groups -OCH3 is 1. The fourth-order valence-electron chi connectivity index (χ4n) is 3.01. The van der Waals surface area contributed by atoms with Gasteiger partial charge in [-0.2, -0.15) is 4.98 Å². The maximum absolute atomic E-state index is 12.3. The van der Waals surface area contributed by atoms with Gasteiger partial charge in [0.15, 0.2) is 5.65 Å². The van der Waals surface area contributed by atoms with Crippen LogP contribution in [0.2, 0.25) is 0 Å². The predicted octanol–water partition coefficient (Wildman–Crippen LogP) is 1.62. The van der Waals surface area contributed by atoms with Crippen molar-refractivity contribution < 1.29 is 9.47 Å². The van der Waals surface area contributed by atoms with Crippen LogP contribution < -0.4 is 15.7 Å². The number of nitrogens with one attached hydrogen (secondary N) is 2. The molecule has 9 heteroatoms. The molecule has 0 bridgehead atoms. The summed E-state index contributed by atoms with van der Waals surface area (Å²) in [6, 6.07) is 3.58. The van der Waals surface area contributed by atoms with Gasteiger partial charge in [0.1, 0.15) is 11.2 Å². The van der Waals surface area contributed by atoms with Crippen LogP contribution >= 0.6 is 0 Å². The van der Waals surface area contributed by atoms with Crippen molar-refractivity contribution in [1.29, 1.82) is 0 Å². The third-order valence-corrected chi connectivity index (χ3v) is 4.17. The molecule has 1 saturated heterocycles. The van der Waals surface area contributed by atoms with Crippen molar-refractivity contribution in [1.82, 2.24) is 24.5 Å². The summed E-state index contributed by atoms with van der Waals surface area (Å²) < 4.78 is 12.4. The Balaban J connectivity index is 1.73. The Hall–Kier alpha value is -2.94. The maximum atomic E-state index is 12.3. The zero-order valence-electron chi connectivity index (χ0n) is 13.7. The van der Waals surface area contributed by atoms with Crippen LogP contribution in [0.3, 0.4) is 0 Å². The lowest BCUT2D eigenvalue weighted by atomic mass is 10.1. The van der Waals surface area contributed by atoms with Crippen molar-refractivity contribution in [3.63, 3.8) is 0 Å². The highest BCUT2D eigenvalue weighted by molar-refractivity contribution is 5.72. The summed E-state index contributed by atoms with van der Waals surface area (Å²) >= 11 is 0. The van der Waals surface area contributed by atoms with E-state index in [2.05, 4.69) is 25.3 Å². The topological polar surface area (TPSA) is 107 Å². The molecule has 0 radical (unpaired) electrons. The molecule has 1 unspecified atom stereocenters. The molecule has 0 aromatic carbocycles. The molecule has 130 valence electrons. The second-order valence-electron chi connectivity index (χ2n) is 5.79. The number of hydrogen-bond donors (Lipinski definition) is 2. The van der Waals surface area contributed by atoms with Gasteiger partial charge < -0.3 is 19.8 Å². The zero-order chi connectivity index (χ0) is 17.2. The van der Waals surface area contributed by atoms with E-state index in [1.54, 1.807) is 30.1 Å². The average Bonchev–Trinajstić information content (AvgIpc) is 2.98. The Morgan fingerprint density at radius 2 is 2.36 bits per heavy atom. The van der Waals surface area contributed by atoms with Crippen molar-refractivity contribution >= 4 is 22.8 Å². The fourth-order valence-corrected chi connectivity index (χ4v) is 3.01. The van der Waals surface area contributed by atoms with Crippen LogP contribution in [0.25, 0.3) is 11.2 Å². The fraction of sp³-hybridized carbons (Fsp3) is 0.375. The normalized spacial score (nSPS) is 17.6. The Kier molecular flexibility index (Phi) is 4.06. The molecule has 4 rings (SSSR count). The van der Waals surface area contributed by atoms with E-state index in [1.807, 2.05) is 6.07 Å². The van der Waals surface area contributed by atoms with E-state index < -0.39 is 0 Å². The monoisotopic (exact) mass is 342 g/mol. The first-order chi connectivity index (χ1) is 12.3. The molecule has 4 heterocycles. The third-order valence-electron chi connectivity index (χ3n) is 4.17. The first kappa shape index (κ1) is 15.6. The van der Waals surface area contributed by atoms with E-state index >= 15 is 0 Å². The van der Waals surface area contributed by atoms with E-state index in [4.69, 9.17) is 9.47 Å². The highest BCUT2D eigenvalue weighted by Gasteiger charge is 2.21. The van der Waals surface area contributed by atoms with E-state index in [0.29, 0.717) is 35.3 Å². The number of aromatic amines is 1. The number of ether oxygens (including phenoxy) is 2. The van der Waals surface area contributed by atoms with Crippen LogP contribution in [-0.2, 0) is 4.74 Å². The summed E-state index contributed by atoms with van der Waals surface area (Å²) in [6.07, 6.45) is 5.04. The van der Waals surface area contributed by atoms with Crippen LogP contribution in [-0.4, -0.2) is 44.8 Å². The van der Waals surface area contributed by atoms with Crippen molar-refractivity contribution in [2.75, 3.05) is 25.6 Å². The third kappa shape index (κ3) is 2.93. The van der Waals surface area contributed by atoms with E-state index in [0.717, 1.165) is 19.4 Å². The number of fused-ring (bicyclic) bond motifs is 1. The van der Waals surface area contributed by atoms with Gasteiger partial charge in [-0.3, -0.25) is 4.57 Å². The largest absolute Gasteiger partial charge is 0.480 e. The van der Waals surface area contributed by atoms with Gasteiger partial charge >= 0.3 is 5.69 Å². The molecule has 9 nitrogen and oxygen atoms in total. The van der Waals surface area contributed by atoms with Crippen LogP contribution in [0.5, 0.6) is 5.88 Å². The van der Waals surface area contributed by atoms with Crippen molar-refractivity contribution in [3.8, 4) is 5.88 Å². The number of imidazole rings is 1. The lowest BCUT2D eigenvalue weighted by molar-refractivity contribution is 0.0593. The number of hydrogen-bond acceptors (Lipinski definition) is 7. The van der Waals surface area contributed by atoms with Gasteiger partial charge in [0.05, 0.1) is 26.0 Å². The predicted molar refractivity (Wildman–Crippen MR) is 91.3 cm³/mol. The lowest BCUT2D eigenvalue weighted by Gasteiger charge is -2.22. The van der Waals surface area contributed by atoms with Crippen LogP contribution in [0.1, 0.15) is 18.9 Å². The molecule has 3 aromatic rings. The minimum Gasteiger partial charge on any atom is -0.480 e. The van der Waals surface area contributed by atoms with Gasteiger partial charge in [-0.1, -0.05) is 0 Å². The molecule has 0 aliphatic carbocycles. The first-order valence-corrected chi connectivity index (χ1v) is 8.07. The molecule has 1 aliphatic heterocycles. The zero-order valence-corrected chi connectivity index (χ0v) is 13.7. The van der Waals surface area contributed by atoms with Gasteiger partial charge in [0.25, 0.3) is 0 Å². The number of rotatable bonds is 4. The molecule has 1 atom stereocenters. The Morgan fingerprint density at radius 1 is 1.44 bits per heavy atom. The summed E-state index contributed by atoms with van der Waals surface area (Å²) in [6.45, 7) is 1.24. The van der Waals surface area contributed by atoms with Crippen LogP contribution in [0.15, 0.2) is 29.3 Å². The number of pyridine rings is 1. The number of H-pyrrole nitrogens is 1. The van der Waals surface area contributed by atoms with Crippen molar-refractivity contribution in [3.05, 3.63) is 35.0 Å². The summed E-state index contributed by atoms with van der Waals surface area (Å²) in [5, 5.41) is 3.08. The van der Waals surface area contributed by atoms with Gasteiger partial charge in [0.2, 0.25) is 11.8 Å². The SMILES string of the molecule is COc1ncccc1Nc1ncc2[nH]c(=O)n(C3CCCOC3)c2n1. The second kappa shape index (κ2) is 6.52. The highest BCUT2D eigenvalue weighted by Crippen LogP contribution is 2.25. The van der Waals surface area contributed by atoms with Gasteiger partial charge in [-0.15, -0.1) is 0 Å². The van der Waals surface area contributed by atoms with Crippen molar-refractivity contribution in [2.45, 2.75) is 18.9 Å². The summed E-state index contributed by atoms with van der Waals surface area (Å²) in [5.41, 5.74) is 1.60. The standard InChI is InChI=1S/C16H18N6O3/c1-24-14-11(5-2-6-17-14)19-15-18-8-12-13(21-15)22(16(23)20-12)10-4-3-7-25-9-10/h2,5-6,8,10H,3-4,7,9H2,1H3,(H,20,23)(H,18,19,21). The molecule has 0 amide bonds. The molecule has 0 spiro atoms. The van der Waals surface area contributed by atoms with E-state index in [-0.39, 0.29) is 11.7 Å². The van der Waals surface area contributed by atoms with Gasteiger partial charge in [-0.25, -0.2) is 14.8 Å². The molecule has 25 heavy (non-hydrogen) atoms. The second-order valence-corrected chi connectivity index (χ2v) is 5.79. The Morgan fingerprint density at radius 3 is 3.16 bits per heavy atom. The molecule has 3 aromatic heterocycles. The highest BCUT2D eigenvalue weighted by atomic mass is 16.5. The van der Waals surface area contributed by atoms with Crippen molar-refractivity contribution in [2.24, 2.45) is 0 Å². The molecule has 1 fully saturated rings. The lowest BCUT2D eigenvalue weighted by Crippen LogP contribution is -2.29. The van der Waals surface area contributed by atoms with Gasteiger partial charge in [0, 0.05) is 12.8 Å². The summed E-state index contributed by atoms with van der Waals surface area (Å²) in [5.74, 6) is 0.807. The average molecular weight is 342 g/mol. The van der Waals surface area contributed by atoms with Crippen LogP contribution in [0.4, 0.5) is 11.6 Å². The van der Waals surface area contributed by atoms with E-state index in [9.17, 15) is 4.79 Å². The Bertz CT molecular complexity index is 944. The number of anilines is 2. The molecular weight excluding hydrogens is 324 g/mol. The van der Waals surface area contributed by atoms with Crippen LogP contribution in [0, 0.1) is 0 Å². The summed E-state index contributed by atoms with van der Waals surface area (Å²) in [4.78, 5) is 28.0. The molecule has 0 saturated carbocycles. The maximum Gasteiger partial charge on any atom is 0.328 e. The number of aromatic nitrogens is 5. The first-order valence-electron chi connectivity index (χ1n) is 8.07. The molecular formula is C16H18N6O3. The molecule has 1 aliphatic rings. The summed E-state index contributed by atoms with van der Waals surface area (Å²) in [7, 11) is 1.55. The number of nitrogens with zero attached hydrogens (tertiary/aromatic N) is 4.